The second kappa shape index (κ2) is 5.23. The van der Waals surface area contributed by atoms with E-state index in [1.165, 1.54) is 11.3 Å². The van der Waals surface area contributed by atoms with Crippen molar-refractivity contribution in [2.75, 3.05) is 0 Å². The van der Waals surface area contributed by atoms with Crippen LogP contribution in [0.2, 0.25) is 0 Å². The van der Waals surface area contributed by atoms with Gasteiger partial charge in [0.1, 0.15) is 10.7 Å². The zero-order valence-electron chi connectivity index (χ0n) is 8.98. The van der Waals surface area contributed by atoms with Crippen LogP contribution in [0.4, 0.5) is 0 Å². The fraction of sp³-hybridized carbons (Fsp3) is 0.455. The van der Waals surface area contributed by atoms with Gasteiger partial charge in [-0.15, -0.1) is 11.3 Å². The van der Waals surface area contributed by atoms with E-state index < -0.39 is 0 Å². The molecule has 0 radical (unpaired) electrons. The van der Waals surface area contributed by atoms with Crippen LogP contribution in [0.5, 0.6) is 0 Å². The van der Waals surface area contributed by atoms with E-state index in [0.29, 0.717) is 12.2 Å². The van der Waals surface area contributed by atoms with Gasteiger partial charge in [0.15, 0.2) is 0 Å². The Morgan fingerprint density at radius 2 is 2.50 bits per heavy atom. The lowest BCUT2D eigenvalue weighted by atomic mass is 10.0. The number of amides is 1. The van der Waals surface area contributed by atoms with E-state index in [-0.39, 0.29) is 11.9 Å². The van der Waals surface area contributed by atoms with Gasteiger partial charge in [0, 0.05) is 18.0 Å². The third-order valence-electron chi connectivity index (χ3n) is 2.56. The van der Waals surface area contributed by atoms with Crippen molar-refractivity contribution in [3.8, 4) is 0 Å². The molecule has 1 atom stereocenters. The van der Waals surface area contributed by atoms with Crippen LogP contribution in [0.25, 0.3) is 0 Å². The number of rotatable bonds is 3. The molecule has 1 aliphatic rings. The van der Waals surface area contributed by atoms with Gasteiger partial charge in [0.25, 0.3) is 5.91 Å². The van der Waals surface area contributed by atoms with Crippen LogP contribution in [0, 0.1) is 0 Å². The molecule has 1 unspecified atom stereocenters. The Morgan fingerprint density at radius 3 is 3.12 bits per heavy atom. The Hall–Kier alpha value is -1.20. The Kier molecular flexibility index (Phi) is 3.69. The Labute approximate surface area is 98.6 Å². The van der Waals surface area contributed by atoms with Crippen molar-refractivity contribution in [3.05, 3.63) is 28.2 Å². The van der Waals surface area contributed by atoms with E-state index in [0.717, 1.165) is 24.3 Å². The first-order valence-electron chi connectivity index (χ1n) is 5.40. The monoisotopic (exact) mass is 237 g/mol. The second-order valence-corrected chi connectivity index (χ2v) is 4.73. The van der Waals surface area contributed by atoms with Crippen LogP contribution in [0.3, 0.4) is 0 Å². The molecule has 0 spiro atoms. The molecule has 0 saturated carbocycles. The molecule has 1 aromatic rings. The van der Waals surface area contributed by atoms with Gasteiger partial charge in [-0.2, -0.15) is 0 Å². The number of nitrogens with one attached hydrogen (secondary N) is 1. The lowest BCUT2D eigenvalue weighted by Crippen LogP contribution is -2.35. The highest BCUT2D eigenvalue weighted by molar-refractivity contribution is 7.09. The van der Waals surface area contributed by atoms with Gasteiger partial charge in [-0.1, -0.05) is 12.2 Å². The summed E-state index contributed by atoms with van der Waals surface area (Å²) in [6.07, 6.45) is 7.23. The number of nitrogens with two attached hydrogens (primary N) is 1. The van der Waals surface area contributed by atoms with E-state index in [2.05, 4.69) is 22.5 Å². The Morgan fingerprint density at radius 1 is 1.62 bits per heavy atom. The van der Waals surface area contributed by atoms with E-state index in [4.69, 9.17) is 5.73 Å². The molecule has 5 heteroatoms. The lowest BCUT2D eigenvalue weighted by Gasteiger charge is -2.18. The van der Waals surface area contributed by atoms with Crippen LogP contribution >= 0.6 is 11.3 Å². The molecular weight excluding hydrogens is 222 g/mol. The summed E-state index contributed by atoms with van der Waals surface area (Å²) >= 11 is 1.43. The summed E-state index contributed by atoms with van der Waals surface area (Å²) in [6.45, 7) is 0.393. The number of hydrogen-bond donors (Lipinski definition) is 2. The molecule has 16 heavy (non-hydrogen) atoms. The molecule has 0 fully saturated rings. The quantitative estimate of drug-likeness (QED) is 0.782. The van der Waals surface area contributed by atoms with Crippen LogP contribution in [-0.2, 0) is 6.54 Å². The molecule has 1 amide bonds. The summed E-state index contributed by atoms with van der Waals surface area (Å²) in [5, 5.41) is 5.55. The summed E-state index contributed by atoms with van der Waals surface area (Å²) in [7, 11) is 0. The zero-order valence-corrected chi connectivity index (χ0v) is 9.80. The fourth-order valence-corrected chi connectivity index (χ4v) is 2.35. The molecule has 4 nitrogen and oxygen atoms in total. The van der Waals surface area contributed by atoms with Gasteiger partial charge in [-0.25, -0.2) is 4.98 Å². The fourth-order valence-electron chi connectivity index (χ4n) is 1.69. The van der Waals surface area contributed by atoms with Crippen molar-refractivity contribution in [2.45, 2.75) is 31.8 Å². The van der Waals surface area contributed by atoms with Crippen molar-refractivity contribution in [2.24, 2.45) is 5.73 Å². The molecule has 0 saturated heterocycles. The molecular formula is C11H15N3OS. The average molecular weight is 237 g/mol. The number of carbonyl (C=O) groups excluding carboxylic acids is 1. The van der Waals surface area contributed by atoms with Gasteiger partial charge < -0.3 is 11.1 Å². The maximum absolute atomic E-state index is 11.8. The van der Waals surface area contributed by atoms with Crippen LogP contribution < -0.4 is 11.1 Å². The van der Waals surface area contributed by atoms with Gasteiger partial charge in [0.05, 0.1) is 0 Å². The molecule has 86 valence electrons. The van der Waals surface area contributed by atoms with Crippen molar-refractivity contribution in [1.29, 1.82) is 0 Å². The predicted octanol–water partition coefficient (Wildman–Crippen LogP) is 1.44. The lowest BCUT2D eigenvalue weighted by molar-refractivity contribution is 0.0930. The predicted molar refractivity (Wildman–Crippen MR) is 64.3 cm³/mol. The number of thiazole rings is 1. The topological polar surface area (TPSA) is 68.0 Å². The first-order chi connectivity index (χ1) is 7.79. The first kappa shape index (κ1) is 11.3. The molecule has 1 aromatic heterocycles. The molecule has 0 bridgehead atoms. The largest absolute Gasteiger partial charge is 0.348 e. The highest BCUT2D eigenvalue weighted by atomic mass is 32.1. The summed E-state index contributed by atoms with van der Waals surface area (Å²) in [4.78, 5) is 16.0. The third kappa shape index (κ3) is 2.68. The minimum atomic E-state index is -0.0868. The second-order valence-electron chi connectivity index (χ2n) is 3.79. The van der Waals surface area contributed by atoms with Crippen molar-refractivity contribution in [1.82, 2.24) is 10.3 Å². The van der Waals surface area contributed by atoms with E-state index in [9.17, 15) is 4.79 Å². The maximum atomic E-state index is 11.8. The number of carbonyl (C=O) groups is 1. The minimum absolute atomic E-state index is 0.0868. The summed E-state index contributed by atoms with van der Waals surface area (Å²) in [5.41, 5.74) is 5.94. The highest BCUT2D eigenvalue weighted by Gasteiger charge is 2.16. The molecule has 3 N–H and O–H groups in total. The zero-order chi connectivity index (χ0) is 11.4. The van der Waals surface area contributed by atoms with Crippen molar-refractivity contribution < 1.29 is 4.79 Å². The minimum Gasteiger partial charge on any atom is -0.348 e. The summed E-state index contributed by atoms with van der Waals surface area (Å²) in [5.74, 6) is -0.0868. The first-order valence-corrected chi connectivity index (χ1v) is 6.28. The van der Waals surface area contributed by atoms with Gasteiger partial charge in [0.2, 0.25) is 0 Å². The van der Waals surface area contributed by atoms with E-state index in [1.54, 1.807) is 5.38 Å². The Bertz CT molecular complexity index is 400. The van der Waals surface area contributed by atoms with E-state index >= 15 is 0 Å². The van der Waals surface area contributed by atoms with Gasteiger partial charge >= 0.3 is 0 Å². The third-order valence-corrected chi connectivity index (χ3v) is 3.43. The standard InChI is InChI=1S/C11H15N3OS/c12-6-10-14-9(7-16-10)11(15)13-8-4-2-1-3-5-8/h1-2,7-8H,3-6,12H2,(H,13,15). The Balaban J connectivity index is 1.94. The highest BCUT2D eigenvalue weighted by Crippen LogP contribution is 2.13. The van der Waals surface area contributed by atoms with Gasteiger partial charge in [-0.05, 0) is 19.3 Å². The molecule has 1 aliphatic carbocycles. The van der Waals surface area contributed by atoms with Crippen molar-refractivity contribution >= 4 is 17.2 Å². The maximum Gasteiger partial charge on any atom is 0.270 e. The molecule has 0 aliphatic heterocycles. The molecule has 1 heterocycles. The SMILES string of the molecule is NCc1nc(C(=O)NC2CC=CCC2)cs1. The molecule has 2 rings (SSSR count). The van der Waals surface area contributed by atoms with Crippen molar-refractivity contribution in [3.63, 3.8) is 0 Å². The number of nitrogens with zero attached hydrogens (tertiary/aromatic N) is 1. The average Bonchev–Trinajstić information content (AvgIpc) is 2.79. The number of hydrogen-bond acceptors (Lipinski definition) is 4. The summed E-state index contributed by atoms with van der Waals surface area (Å²) < 4.78 is 0. The number of aromatic nitrogens is 1. The molecule has 0 aromatic carbocycles. The van der Waals surface area contributed by atoms with Crippen LogP contribution in [0.15, 0.2) is 17.5 Å². The number of allylic oxidation sites excluding steroid dienone is 1. The van der Waals surface area contributed by atoms with Gasteiger partial charge in [-0.3, -0.25) is 4.79 Å². The smallest absolute Gasteiger partial charge is 0.270 e. The summed E-state index contributed by atoms with van der Waals surface area (Å²) in [6, 6.07) is 0.250. The normalized spacial score (nSPS) is 19.7. The van der Waals surface area contributed by atoms with Crippen LogP contribution in [0.1, 0.15) is 34.8 Å². The van der Waals surface area contributed by atoms with Crippen LogP contribution in [-0.4, -0.2) is 16.9 Å². The van der Waals surface area contributed by atoms with E-state index in [1.807, 2.05) is 0 Å².